The van der Waals surface area contributed by atoms with Gasteiger partial charge in [0.25, 0.3) is 0 Å². The second-order valence-electron chi connectivity index (χ2n) is 2.15. The van der Waals surface area contributed by atoms with Gasteiger partial charge in [0.15, 0.2) is 5.38 Å². The fraction of sp³-hybridized carbons (Fsp3) is 0. The second kappa shape index (κ2) is 3.82. The van der Waals surface area contributed by atoms with Crippen LogP contribution in [0.4, 0.5) is 0 Å². The molecule has 2 heteroatoms. The number of benzene rings is 1. The minimum Gasteiger partial charge on any atom is -0.0613 e. The molecule has 0 spiro atoms. The molecule has 0 aliphatic carbocycles. The topological polar surface area (TPSA) is 0 Å². The quantitative estimate of drug-likeness (QED) is 0.463. The molecule has 0 saturated carbocycles. The van der Waals surface area contributed by atoms with Crippen LogP contribution >= 0.6 is 11.3 Å². The molecular formula is C9H7CuS+3. The molecule has 2 aromatic rings. The molecule has 11 heavy (non-hydrogen) atoms. The van der Waals surface area contributed by atoms with Crippen molar-refractivity contribution in [3.8, 4) is 0 Å². The number of hydrogen-bond donors (Lipinski definition) is 0. The minimum atomic E-state index is 0. The van der Waals surface area contributed by atoms with Crippen molar-refractivity contribution in [3.63, 3.8) is 0 Å². The van der Waals surface area contributed by atoms with Gasteiger partial charge in [0.1, 0.15) is 0 Å². The molecule has 1 aromatic heterocycles. The minimum absolute atomic E-state index is 0. The summed E-state index contributed by atoms with van der Waals surface area (Å²) in [5, 5.41) is 3.43. The molecule has 0 nitrogen and oxygen atoms in total. The maximum absolute atomic E-state index is 2.14. The number of hydrogen-bond acceptors (Lipinski definition) is 0. The van der Waals surface area contributed by atoms with E-state index in [9.17, 15) is 0 Å². The van der Waals surface area contributed by atoms with E-state index in [1.807, 2.05) is 0 Å². The van der Waals surface area contributed by atoms with E-state index < -0.39 is 0 Å². The van der Waals surface area contributed by atoms with Crippen LogP contribution in [0.15, 0.2) is 41.8 Å². The van der Waals surface area contributed by atoms with Gasteiger partial charge in [-0.15, -0.1) is 0 Å². The first kappa shape index (κ1) is 8.66. The number of fused-ring (bicyclic) bond motifs is 1. The molecule has 0 atom stereocenters. The molecule has 0 amide bonds. The van der Waals surface area contributed by atoms with E-state index in [0.717, 1.165) is 0 Å². The van der Waals surface area contributed by atoms with Crippen molar-refractivity contribution >= 4 is 21.4 Å². The molecule has 0 aliphatic rings. The SMILES string of the molecule is [Cu+2].c1ccc2[s+]cccc2c1. The molecule has 1 radical (unpaired) electrons. The predicted molar refractivity (Wildman–Crippen MR) is 46.2 cm³/mol. The van der Waals surface area contributed by atoms with E-state index in [1.165, 1.54) is 10.1 Å². The average Bonchev–Trinajstić information content (AvgIpc) is 2.05. The van der Waals surface area contributed by atoms with Crippen LogP contribution in [-0.2, 0) is 17.1 Å². The summed E-state index contributed by atoms with van der Waals surface area (Å²) in [7, 11) is 0. The zero-order valence-corrected chi connectivity index (χ0v) is 7.51. The van der Waals surface area contributed by atoms with Gasteiger partial charge in [-0.1, -0.05) is 12.1 Å². The van der Waals surface area contributed by atoms with E-state index in [1.54, 1.807) is 11.3 Å². The van der Waals surface area contributed by atoms with Gasteiger partial charge in [0.05, 0.1) is 0 Å². The van der Waals surface area contributed by atoms with Crippen LogP contribution in [0.2, 0.25) is 0 Å². The molecule has 57 valence electrons. The van der Waals surface area contributed by atoms with Crippen LogP contribution in [0.25, 0.3) is 10.1 Å². The number of rotatable bonds is 0. The van der Waals surface area contributed by atoms with Gasteiger partial charge in [-0.05, 0) is 18.2 Å². The van der Waals surface area contributed by atoms with Gasteiger partial charge in [0, 0.05) is 11.5 Å². The predicted octanol–water partition coefficient (Wildman–Crippen LogP) is 3.18. The molecule has 0 bridgehead atoms. The van der Waals surface area contributed by atoms with Crippen LogP contribution in [0.1, 0.15) is 0 Å². The van der Waals surface area contributed by atoms with Gasteiger partial charge in [0.2, 0.25) is 16.0 Å². The van der Waals surface area contributed by atoms with E-state index in [2.05, 4.69) is 41.8 Å². The molecule has 0 N–H and O–H groups in total. The largest absolute Gasteiger partial charge is 2.00 e. The summed E-state index contributed by atoms with van der Waals surface area (Å²) in [5.41, 5.74) is 0. The first-order valence-corrected chi connectivity index (χ1v) is 4.10. The van der Waals surface area contributed by atoms with Crippen molar-refractivity contribution < 1.29 is 17.1 Å². The Bertz CT molecular complexity index is 281. The third kappa shape index (κ3) is 1.78. The molecule has 0 aliphatic heterocycles. The first-order chi connectivity index (χ1) is 4.97. The van der Waals surface area contributed by atoms with Crippen molar-refractivity contribution in [3.05, 3.63) is 41.8 Å². The Hall–Kier alpha value is -0.431. The summed E-state index contributed by atoms with van der Waals surface area (Å²) < 4.78 is 1.35. The summed E-state index contributed by atoms with van der Waals surface area (Å²) in [6.45, 7) is 0. The maximum atomic E-state index is 2.14. The van der Waals surface area contributed by atoms with Crippen molar-refractivity contribution in [1.29, 1.82) is 0 Å². The Morgan fingerprint density at radius 2 is 1.64 bits per heavy atom. The summed E-state index contributed by atoms with van der Waals surface area (Å²) >= 11 is 1.78. The van der Waals surface area contributed by atoms with Crippen molar-refractivity contribution in [2.75, 3.05) is 0 Å². The van der Waals surface area contributed by atoms with Gasteiger partial charge in [-0.2, -0.15) is 0 Å². The summed E-state index contributed by atoms with van der Waals surface area (Å²) in [5.74, 6) is 0. The molecule has 0 saturated heterocycles. The van der Waals surface area contributed by atoms with E-state index in [-0.39, 0.29) is 17.1 Å². The smallest absolute Gasteiger partial charge is 0.0613 e. The van der Waals surface area contributed by atoms with E-state index in [4.69, 9.17) is 0 Å². The molecular weight excluding hydrogens is 204 g/mol. The third-order valence-electron chi connectivity index (χ3n) is 1.47. The molecule has 1 heterocycles. The zero-order chi connectivity index (χ0) is 6.81. The van der Waals surface area contributed by atoms with Crippen molar-refractivity contribution in [2.45, 2.75) is 0 Å². The molecule has 1 aromatic carbocycles. The fourth-order valence-electron chi connectivity index (χ4n) is 0.981. The van der Waals surface area contributed by atoms with E-state index in [0.29, 0.717) is 0 Å². The monoisotopic (exact) mass is 210 g/mol. The Morgan fingerprint density at radius 1 is 0.909 bits per heavy atom. The van der Waals surface area contributed by atoms with Gasteiger partial charge < -0.3 is 0 Å². The fourth-order valence-corrected chi connectivity index (χ4v) is 1.71. The summed E-state index contributed by atoms with van der Waals surface area (Å²) in [6.07, 6.45) is 0. The second-order valence-corrected chi connectivity index (χ2v) is 3.10. The van der Waals surface area contributed by atoms with Crippen LogP contribution in [0.5, 0.6) is 0 Å². The van der Waals surface area contributed by atoms with Crippen LogP contribution in [-0.4, -0.2) is 0 Å². The summed E-state index contributed by atoms with van der Waals surface area (Å²) in [4.78, 5) is 0. The Labute approximate surface area is 80.4 Å². The average molecular weight is 211 g/mol. The molecule has 2 rings (SSSR count). The van der Waals surface area contributed by atoms with Crippen LogP contribution < -0.4 is 0 Å². The normalized spacial score (nSPS) is 9.09. The van der Waals surface area contributed by atoms with Gasteiger partial charge in [-0.25, -0.2) is 0 Å². The zero-order valence-electron chi connectivity index (χ0n) is 5.75. The van der Waals surface area contributed by atoms with E-state index >= 15 is 0 Å². The van der Waals surface area contributed by atoms with Crippen molar-refractivity contribution in [2.24, 2.45) is 0 Å². The Morgan fingerprint density at radius 3 is 2.45 bits per heavy atom. The van der Waals surface area contributed by atoms with Gasteiger partial charge >= 0.3 is 17.1 Å². The van der Waals surface area contributed by atoms with Crippen LogP contribution in [0, 0.1) is 0 Å². The Kier molecular flexibility index (Phi) is 3.01. The summed E-state index contributed by atoms with van der Waals surface area (Å²) in [6, 6.07) is 12.6. The molecule has 0 unspecified atom stereocenters. The van der Waals surface area contributed by atoms with Gasteiger partial charge in [-0.3, -0.25) is 0 Å². The Balaban J connectivity index is 0.000000605. The standard InChI is InChI=1S/C9H7S.Cu/c1-2-6-9-8(4-1)5-3-7-10-9;/h1-7H;/q+1;+2. The first-order valence-electron chi connectivity index (χ1n) is 3.22. The third-order valence-corrected chi connectivity index (χ3v) is 2.39. The van der Waals surface area contributed by atoms with Crippen molar-refractivity contribution in [1.82, 2.24) is 0 Å². The molecule has 0 fully saturated rings. The van der Waals surface area contributed by atoms with Crippen LogP contribution in [0.3, 0.4) is 0 Å². The maximum Gasteiger partial charge on any atom is 2.00 e.